The zero-order valence-corrected chi connectivity index (χ0v) is 41.3. The Labute approximate surface area is 389 Å². The minimum atomic E-state index is -0.786. The Hall–Kier alpha value is -3.15. The number of ether oxygens (including phenoxy) is 3. The van der Waals surface area contributed by atoms with Crippen LogP contribution in [0, 0.1) is 0 Å². The van der Waals surface area contributed by atoms with E-state index in [2.05, 4.69) is 69.4 Å². The number of hydrogen-bond donors (Lipinski definition) is 0. The summed E-state index contributed by atoms with van der Waals surface area (Å²) in [5, 5.41) is 0. The summed E-state index contributed by atoms with van der Waals surface area (Å²) in [5.41, 5.74) is 0. The van der Waals surface area contributed by atoms with Gasteiger partial charge in [0.1, 0.15) is 13.2 Å². The lowest BCUT2D eigenvalue weighted by molar-refractivity contribution is -0.167. The van der Waals surface area contributed by atoms with Crippen LogP contribution in [-0.4, -0.2) is 37.2 Å². The first-order valence-corrected chi connectivity index (χ1v) is 26.5. The Morgan fingerprint density at radius 3 is 1.02 bits per heavy atom. The molecule has 0 aromatic rings. The number of rotatable bonds is 47. The summed E-state index contributed by atoms with van der Waals surface area (Å²) in [6, 6.07) is 0. The monoisotopic (exact) mass is 879 g/mol. The van der Waals surface area contributed by atoms with Crippen LogP contribution in [0.4, 0.5) is 0 Å². The smallest absolute Gasteiger partial charge is 0.306 e. The lowest BCUT2D eigenvalue weighted by atomic mass is 10.0. The minimum absolute atomic E-state index is 0.0839. The maximum atomic E-state index is 12.8. The average molecular weight is 879 g/mol. The van der Waals surface area contributed by atoms with Gasteiger partial charge in [-0.1, -0.05) is 241 Å². The molecule has 0 bridgehead atoms. The second kappa shape index (κ2) is 51.5. The summed E-state index contributed by atoms with van der Waals surface area (Å²) in [4.78, 5) is 38.0. The van der Waals surface area contributed by atoms with E-state index in [1.165, 1.54) is 128 Å². The van der Waals surface area contributed by atoms with Crippen LogP contribution in [-0.2, 0) is 28.6 Å². The van der Waals surface area contributed by atoms with Crippen LogP contribution in [0.5, 0.6) is 0 Å². The maximum absolute atomic E-state index is 12.8. The van der Waals surface area contributed by atoms with Gasteiger partial charge < -0.3 is 14.2 Å². The molecule has 0 aliphatic carbocycles. The van der Waals surface area contributed by atoms with Crippen molar-refractivity contribution < 1.29 is 28.6 Å². The molecule has 0 saturated carbocycles. The molecule has 1 unspecified atom stereocenters. The SMILES string of the molecule is CCC\C=C/C=C\C=C/C=C\C=C/CCCCCCCC(=O)OCC(COC(=O)CCCCCCCCCCCCCC)OC(=O)CCCCCCCCC/C=C\CCCCCC. The van der Waals surface area contributed by atoms with Gasteiger partial charge in [-0.15, -0.1) is 0 Å². The van der Waals surface area contributed by atoms with E-state index in [-0.39, 0.29) is 31.1 Å². The van der Waals surface area contributed by atoms with Crippen molar-refractivity contribution in [2.45, 2.75) is 258 Å². The van der Waals surface area contributed by atoms with E-state index >= 15 is 0 Å². The van der Waals surface area contributed by atoms with Crippen molar-refractivity contribution in [3.05, 3.63) is 72.9 Å². The number of hydrogen-bond acceptors (Lipinski definition) is 6. The van der Waals surface area contributed by atoms with Crippen LogP contribution in [0.25, 0.3) is 0 Å². The molecule has 0 rings (SSSR count). The number of carbonyl (C=O) groups excluding carboxylic acids is 3. The predicted molar refractivity (Wildman–Crippen MR) is 270 cm³/mol. The molecule has 0 aliphatic rings. The largest absolute Gasteiger partial charge is 0.462 e. The number of allylic oxidation sites excluding steroid dienone is 12. The maximum Gasteiger partial charge on any atom is 0.306 e. The standard InChI is InChI=1S/C57H98O6/c1-4-7-10-13-16-19-22-25-27-28-29-31-32-35-38-41-44-47-50-56(59)62-53-54(52-61-55(58)49-46-43-40-37-34-24-21-18-15-12-9-6-3)63-57(60)51-48-45-42-39-36-33-30-26-23-20-17-14-11-8-5-2/h10,13,16,19-20,22-23,25,27-29,31,54H,4-9,11-12,14-15,17-18,21,24,26,30,32-53H2,1-3H3/b13-10-,19-16-,23-20-,25-22-,28-27-,31-29-. The van der Waals surface area contributed by atoms with Crippen LogP contribution in [0.2, 0.25) is 0 Å². The molecule has 0 radical (unpaired) electrons. The Kier molecular flexibility index (Phi) is 48.9. The molecule has 6 heteroatoms. The van der Waals surface area contributed by atoms with Crippen molar-refractivity contribution in [3.63, 3.8) is 0 Å². The third kappa shape index (κ3) is 49.7. The summed E-state index contributed by atoms with van der Waals surface area (Å²) in [6.45, 7) is 6.52. The molecule has 0 N–H and O–H groups in total. The third-order valence-electron chi connectivity index (χ3n) is 11.3. The van der Waals surface area contributed by atoms with Crippen molar-refractivity contribution in [1.82, 2.24) is 0 Å². The third-order valence-corrected chi connectivity index (χ3v) is 11.3. The molecule has 0 aromatic heterocycles. The predicted octanol–water partition coefficient (Wildman–Crippen LogP) is 17.4. The van der Waals surface area contributed by atoms with Crippen LogP contribution in [0.3, 0.4) is 0 Å². The second-order valence-electron chi connectivity index (χ2n) is 17.6. The van der Waals surface area contributed by atoms with Gasteiger partial charge in [0.2, 0.25) is 0 Å². The number of esters is 3. The Morgan fingerprint density at radius 2 is 0.619 bits per heavy atom. The lowest BCUT2D eigenvalue weighted by Crippen LogP contribution is -2.30. The molecule has 0 fully saturated rings. The molecular weight excluding hydrogens is 781 g/mol. The topological polar surface area (TPSA) is 78.9 Å². The van der Waals surface area contributed by atoms with Gasteiger partial charge in [0, 0.05) is 19.3 Å². The van der Waals surface area contributed by atoms with Crippen molar-refractivity contribution in [2.24, 2.45) is 0 Å². The van der Waals surface area contributed by atoms with Gasteiger partial charge in [-0.3, -0.25) is 14.4 Å². The van der Waals surface area contributed by atoms with Crippen molar-refractivity contribution in [1.29, 1.82) is 0 Å². The fourth-order valence-corrected chi connectivity index (χ4v) is 7.29. The van der Waals surface area contributed by atoms with E-state index in [4.69, 9.17) is 14.2 Å². The van der Waals surface area contributed by atoms with Crippen LogP contribution < -0.4 is 0 Å². The van der Waals surface area contributed by atoms with E-state index in [0.29, 0.717) is 19.3 Å². The quantitative estimate of drug-likeness (QED) is 0.0199. The molecule has 362 valence electrons. The number of carbonyl (C=O) groups is 3. The van der Waals surface area contributed by atoms with Gasteiger partial charge in [-0.2, -0.15) is 0 Å². The van der Waals surface area contributed by atoms with E-state index < -0.39 is 6.10 Å². The fraction of sp³-hybridized carbons (Fsp3) is 0.737. The van der Waals surface area contributed by atoms with E-state index in [9.17, 15) is 14.4 Å². The summed E-state index contributed by atoms with van der Waals surface area (Å²) >= 11 is 0. The minimum Gasteiger partial charge on any atom is -0.462 e. The summed E-state index contributed by atoms with van der Waals surface area (Å²) in [5.74, 6) is -0.910. The molecule has 1 atom stereocenters. The van der Waals surface area contributed by atoms with E-state index in [1.807, 2.05) is 24.3 Å². The molecule has 0 aromatic carbocycles. The zero-order valence-electron chi connectivity index (χ0n) is 41.3. The molecule has 63 heavy (non-hydrogen) atoms. The van der Waals surface area contributed by atoms with E-state index in [1.54, 1.807) is 0 Å². The molecule has 0 amide bonds. The van der Waals surface area contributed by atoms with E-state index in [0.717, 1.165) is 83.5 Å². The molecule has 0 heterocycles. The van der Waals surface area contributed by atoms with Crippen molar-refractivity contribution in [3.8, 4) is 0 Å². The summed E-state index contributed by atoms with van der Waals surface area (Å²) < 4.78 is 16.8. The second-order valence-corrected chi connectivity index (χ2v) is 17.6. The average Bonchev–Trinajstić information content (AvgIpc) is 3.28. The summed E-state index contributed by atoms with van der Waals surface area (Å²) in [6.07, 6.45) is 64.4. The van der Waals surface area contributed by atoms with Gasteiger partial charge in [0.25, 0.3) is 0 Å². The van der Waals surface area contributed by atoms with Gasteiger partial charge in [0.05, 0.1) is 0 Å². The Balaban J connectivity index is 4.43. The highest BCUT2D eigenvalue weighted by Gasteiger charge is 2.19. The normalized spacial score (nSPS) is 12.6. The highest BCUT2D eigenvalue weighted by Crippen LogP contribution is 2.15. The van der Waals surface area contributed by atoms with Gasteiger partial charge in [-0.25, -0.2) is 0 Å². The summed E-state index contributed by atoms with van der Waals surface area (Å²) in [7, 11) is 0. The highest BCUT2D eigenvalue weighted by molar-refractivity contribution is 5.71. The number of unbranched alkanes of at least 4 members (excludes halogenated alkanes) is 28. The molecule has 6 nitrogen and oxygen atoms in total. The van der Waals surface area contributed by atoms with Crippen molar-refractivity contribution in [2.75, 3.05) is 13.2 Å². The van der Waals surface area contributed by atoms with Gasteiger partial charge in [-0.05, 0) is 64.2 Å². The Morgan fingerprint density at radius 1 is 0.317 bits per heavy atom. The fourth-order valence-electron chi connectivity index (χ4n) is 7.29. The lowest BCUT2D eigenvalue weighted by Gasteiger charge is -2.18. The molecular formula is C57H98O6. The van der Waals surface area contributed by atoms with Gasteiger partial charge in [0.15, 0.2) is 6.10 Å². The van der Waals surface area contributed by atoms with Gasteiger partial charge >= 0.3 is 17.9 Å². The molecule has 0 spiro atoms. The highest BCUT2D eigenvalue weighted by atomic mass is 16.6. The molecule has 0 saturated heterocycles. The first-order valence-electron chi connectivity index (χ1n) is 26.5. The Bertz CT molecular complexity index is 1190. The van der Waals surface area contributed by atoms with Crippen molar-refractivity contribution >= 4 is 17.9 Å². The van der Waals surface area contributed by atoms with Crippen LogP contribution in [0.15, 0.2) is 72.9 Å². The molecule has 0 aliphatic heterocycles. The van der Waals surface area contributed by atoms with Crippen LogP contribution in [0.1, 0.15) is 252 Å². The first-order chi connectivity index (χ1) is 31.0. The first kappa shape index (κ1) is 59.9. The zero-order chi connectivity index (χ0) is 45.8. The van der Waals surface area contributed by atoms with Crippen LogP contribution >= 0.6 is 0 Å².